The second kappa shape index (κ2) is 9.27. The summed E-state index contributed by atoms with van der Waals surface area (Å²) < 4.78 is 10.9. The first-order chi connectivity index (χ1) is 13.5. The third kappa shape index (κ3) is 6.47. The number of hydrogen-bond donors (Lipinski definition) is 1. The van der Waals surface area contributed by atoms with Crippen molar-refractivity contribution in [1.82, 2.24) is 9.80 Å². The van der Waals surface area contributed by atoms with Gasteiger partial charge in [-0.1, -0.05) is 11.6 Å². The zero-order valence-corrected chi connectivity index (χ0v) is 17.4. The summed E-state index contributed by atoms with van der Waals surface area (Å²) in [6, 6.07) is 2.31. The van der Waals surface area contributed by atoms with Gasteiger partial charge in [-0.15, -0.1) is 0 Å². The topological polar surface area (TPSA) is 128 Å². The molecule has 0 aliphatic carbocycles. The Bertz CT molecular complexity index is 787. The van der Waals surface area contributed by atoms with Crippen molar-refractivity contribution in [3.05, 3.63) is 32.8 Å². The number of ether oxygens (including phenoxy) is 2. The lowest BCUT2D eigenvalue weighted by Gasteiger charge is -2.35. The highest BCUT2D eigenvalue weighted by atomic mass is 35.5. The number of halogens is 1. The van der Waals surface area contributed by atoms with Crippen LogP contribution in [0.1, 0.15) is 31.1 Å². The Hall–Kier alpha value is -2.59. The van der Waals surface area contributed by atoms with Gasteiger partial charge in [0.1, 0.15) is 18.0 Å². The summed E-state index contributed by atoms with van der Waals surface area (Å²) in [6.07, 6.45) is -0.337. The SMILES string of the molecule is CC(C)(C)OC(=O)N1CCN(CCOc2cc(C(N)=O)cc([N+](=O)[O-])c2Cl)CC1. The summed E-state index contributed by atoms with van der Waals surface area (Å²) in [7, 11) is 0. The average molecular weight is 429 g/mol. The van der Waals surface area contributed by atoms with Crippen LogP contribution in [0.25, 0.3) is 0 Å². The fourth-order valence-corrected chi connectivity index (χ4v) is 2.96. The first kappa shape index (κ1) is 22.7. The van der Waals surface area contributed by atoms with E-state index in [0.717, 1.165) is 6.07 Å². The summed E-state index contributed by atoms with van der Waals surface area (Å²) in [6.45, 7) is 8.51. The molecular formula is C18H25ClN4O6. The highest BCUT2D eigenvalue weighted by Crippen LogP contribution is 2.35. The van der Waals surface area contributed by atoms with E-state index >= 15 is 0 Å². The van der Waals surface area contributed by atoms with Crippen molar-refractivity contribution in [1.29, 1.82) is 0 Å². The summed E-state index contributed by atoms with van der Waals surface area (Å²) in [5.41, 5.74) is 4.18. The number of hydrogen-bond acceptors (Lipinski definition) is 7. The molecule has 1 aromatic carbocycles. The monoisotopic (exact) mass is 428 g/mol. The van der Waals surface area contributed by atoms with Crippen LogP contribution in [-0.2, 0) is 4.74 Å². The van der Waals surface area contributed by atoms with Crippen LogP contribution in [-0.4, -0.2) is 71.7 Å². The predicted octanol–water partition coefficient (Wildman–Crippen LogP) is 2.28. The smallest absolute Gasteiger partial charge is 0.410 e. The molecule has 29 heavy (non-hydrogen) atoms. The Morgan fingerprint density at radius 2 is 1.86 bits per heavy atom. The molecular weight excluding hydrogens is 404 g/mol. The number of primary amides is 1. The predicted molar refractivity (Wildman–Crippen MR) is 106 cm³/mol. The molecule has 0 bridgehead atoms. The Morgan fingerprint density at radius 1 is 1.24 bits per heavy atom. The maximum atomic E-state index is 12.1. The summed E-state index contributed by atoms with van der Waals surface area (Å²) in [5.74, 6) is -0.782. The van der Waals surface area contributed by atoms with Gasteiger partial charge < -0.3 is 20.1 Å². The zero-order valence-electron chi connectivity index (χ0n) is 16.6. The van der Waals surface area contributed by atoms with Crippen molar-refractivity contribution in [2.24, 2.45) is 5.73 Å². The van der Waals surface area contributed by atoms with Crippen molar-refractivity contribution in [3.63, 3.8) is 0 Å². The van der Waals surface area contributed by atoms with Crippen LogP contribution < -0.4 is 10.5 Å². The molecule has 160 valence electrons. The molecule has 1 aliphatic heterocycles. The van der Waals surface area contributed by atoms with Crippen LogP contribution in [0.4, 0.5) is 10.5 Å². The van der Waals surface area contributed by atoms with E-state index in [2.05, 4.69) is 4.90 Å². The van der Waals surface area contributed by atoms with E-state index in [0.29, 0.717) is 32.7 Å². The fourth-order valence-electron chi connectivity index (χ4n) is 2.73. The number of benzene rings is 1. The minimum absolute atomic E-state index is 0.0297. The lowest BCUT2D eigenvalue weighted by Crippen LogP contribution is -2.50. The lowest BCUT2D eigenvalue weighted by atomic mass is 10.2. The molecule has 2 amide bonds. The highest BCUT2D eigenvalue weighted by molar-refractivity contribution is 6.34. The molecule has 0 spiro atoms. The Morgan fingerprint density at radius 3 is 2.38 bits per heavy atom. The summed E-state index contributed by atoms with van der Waals surface area (Å²) in [4.78, 5) is 37.6. The molecule has 0 aromatic heterocycles. The van der Waals surface area contributed by atoms with Gasteiger partial charge in [0.25, 0.3) is 5.69 Å². The van der Waals surface area contributed by atoms with E-state index in [-0.39, 0.29) is 29.0 Å². The van der Waals surface area contributed by atoms with Gasteiger partial charge in [-0.25, -0.2) is 4.79 Å². The van der Waals surface area contributed by atoms with Gasteiger partial charge in [-0.05, 0) is 26.8 Å². The van der Waals surface area contributed by atoms with E-state index in [9.17, 15) is 19.7 Å². The van der Waals surface area contributed by atoms with Crippen LogP contribution in [0, 0.1) is 10.1 Å². The zero-order chi connectivity index (χ0) is 21.8. The number of piperazine rings is 1. The van der Waals surface area contributed by atoms with Crippen LogP contribution in [0.3, 0.4) is 0 Å². The first-order valence-corrected chi connectivity index (χ1v) is 9.46. The van der Waals surface area contributed by atoms with Gasteiger partial charge in [-0.2, -0.15) is 0 Å². The molecule has 1 aliphatic rings. The van der Waals surface area contributed by atoms with E-state index in [4.69, 9.17) is 26.8 Å². The van der Waals surface area contributed by atoms with Crippen LogP contribution in [0.2, 0.25) is 5.02 Å². The van der Waals surface area contributed by atoms with Gasteiger partial charge in [-0.3, -0.25) is 19.8 Å². The molecule has 1 heterocycles. The molecule has 2 rings (SSSR count). The van der Waals surface area contributed by atoms with Crippen LogP contribution in [0.15, 0.2) is 12.1 Å². The number of carbonyl (C=O) groups excluding carboxylic acids is 2. The molecule has 1 fully saturated rings. The molecule has 1 aromatic rings. The molecule has 0 unspecified atom stereocenters. The van der Waals surface area contributed by atoms with Crippen molar-refractivity contribution >= 4 is 29.3 Å². The summed E-state index contributed by atoms with van der Waals surface area (Å²) in [5, 5.41) is 10.9. The minimum atomic E-state index is -0.812. The first-order valence-electron chi connectivity index (χ1n) is 9.09. The maximum Gasteiger partial charge on any atom is 0.410 e. The normalized spacial score (nSPS) is 15.1. The Kier molecular flexibility index (Phi) is 7.26. The number of nitrogens with two attached hydrogens (primary N) is 1. The maximum absolute atomic E-state index is 12.1. The molecule has 0 saturated carbocycles. The van der Waals surface area contributed by atoms with Gasteiger partial charge in [0.15, 0.2) is 5.02 Å². The quantitative estimate of drug-likeness (QED) is 0.543. The number of nitro benzene ring substituents is 1. The van der Waals surface area contributed by atoms with Crippen LogP contribution >= 0.6 is 11.6 Å². The van der Waals surface area contributed by atoms with Crippen molar-refractivity contribution < 1.29 is 24.0 Å². The minimum Gasteiger partial charge on any atom is -0.490 e. The number of amides is 2. The highest BCUT2D eigenvalue weighted by Gasteiger charge is 2.26. The van der Waals surface area contributed by atoms with Gasteiger partial charge in [0, 0.05) is 44.4 Å². The second-order valence-electron chi connectivity index (χ2n) is 7.59. The van der Waals surface area contributed by atoms with Crippen molar-refractivity contribution in [3.8, 4) is 5.75 Å². The molecule has 2 N–H and O–H groups in total. The van der Waals surface area contributed by atoms with Crippen LogP contribution in [0.5, 0.6) is 5.75 Å². The Balaban J connectivity index is 1.89. The van der Waals surface area contributed by atoms with E-state index < -0.39 is 22.1 Å². The molecule has 11 heteroatoms. The largest absolute Gasteiger partial charge is 0.490 e. The third-order valence-corrected chi connectivity index (χ3v) is 4.57. The number of rotatable bonds is 6. The average Bonchev–Trinajstić information content (AvgIpc) is 2.61. The summed E-state index contributed by atoms with van der Waals surface area (Å²) >= 11 is 6.02. The van der Waals surface area contributed by atoms with Gasteiger partial charge in [0.05, 0.1) is 4.92 Å². The number of nitrogens with zero attached hydrogens (tertiary/aromatic N) is 3. The van der Waals surface area contributed by atoms with Gasteiger partial charge >= 0.3 is 6.09 Å². The molecule has 0 radical (unpaired) electrons. The number of carbonyl (C=O) groups is 2. The van der Waals surface area contributed by atoms with E-state index in [1.807, 2.05) is 20.8 Å². The van der Waals surface area contributed by atoms with Crippen molar-refractivity contribution in [2.75, 3.05) is 39.3 Å². The Labute approximate surface area is 173 Å². The molecule has 1 saturated heterocycles. The van der Waals surface area contributed by atoms with Gasteiger partial charge in [0.2, 0.25) is 5.91 Å². The molecule has 10 nitrogen and oxygen atoms in total. The second-order valence-corrected chi connectivity index (χ2v) is 7.96. The standard InChI is InChI=1S/C18H25ClN4O6/c1-18(2,3)29-17(25)22-6-4-21(5-7-22)8-9-28-14-11-12(16(20)24)10-13(15(14)19)23(26)27/h10-11H,4-9H2,1-3H3,(H2,20,24). The third-order valence-electron chi connectivity index (χ3n) is 4.19. The lowest BCUT2D eigenvalue weighted by molar-refractivity contribution is -0.384. The molecule has 0 atom stereocenters. The van der Waals surface area contributed by atoms with E-state index in [1.54, 1.807) is 4.90 Å². The fraction of sp³-hybridized carbons (Fsp3) is 0.556. The van der Waals surface area contributed by atoms with Crippen molar-refractivity contribution in [2.45, 2.75) is 26.4 Å². The van der Waals surface area contributed by atoms with E-state index in [1.165, 1.54) is 6.07 Å². The number of nitro groups is 1.